The summed E-state index contributed by atoms with van der Waals surface area (Å²) in [5, 5.41) is 5.35. The van der Waals surface area contributed by atoms with Crippen LogP contribution in [-0.4, -0.2) is 22.6 Å². The van der Waals surface area contributed by atoms with Crippen LogP contribution in [-0.2, 0) is 6.18 Å². The molecule has 1 aromatic heterocycles. The SMILES string of the molecule is FC1(F)CN[C@H](c2noc(C(F)(F)F)n2)C1. The molecular formula is C7H6F5N3O. The second kappa shape index (κ2) is 3.37. The summed E-state index contributed by atoms with van der Waals surface area (Å²) >= 11 is 0. The Morgan fingerprint density at radius 3 is 2.50 bits per heavy atom. The largest absolute Gasteiger partial charge is 0.471 e. The molecule has 1 aliphatic rings. The lowest BCUT2D eigenvalue weighted by Gasteiger charge is -2.04. The van der Waals surface area contributed by atoms with E-state index in [-0.39, 0.29) is 0 Å². The summed E-state index contributed by atoms with van der Waals surface area (Å²) in [7, 11) is 0. The third-order valence-electron chi connectivity index (χ3n) is 2.11. The Morgan fingerprint density at radius 1 is 1.38 bits per heavy atom. The summed E-state index contributed by atoms with van der Waals surface area (Å²) < 4.78 is 65.7. The molecule has 2 heterocycles. The molecule has 1 atom stereocenters. The quantitative estimate of drug-likeness (QED) is 0.763. The van der Waals surface area contributed by atoms with Crippen molar-refractivity contribution in [2.45, 2.75) is 24.6 Å². The van der Waals surface area contributed by atoms with Crippen molar-refractivity contribution >= 4 is 0 Å². The van der Waals surface area contributed by atoms with Crippen molar-refractivity contribution in [3.63, 3.8) is 0 Å². The van der Waals surface area contributed by atoms with E-state index in [9.17, 15) is 22.0 Å². The minimum atomic E-state index is -4.76. The fourth-order valence-corrected chi connectivity index (χ4v) is 1.39. The number of hydrogen-bond acceptors (Lipinski definition) is 4. The van der Waals surface area contributed by atoms with Gasteiger partial charge in [-0.3, -0.25) is 0 Å². The van der Waals surface area contributed by atoms with E-state index in [2.05, 4.69) is 20.0 Å². The van der Waals surface area contributed by atoms with E-state index in [1.54, 1.807) is 0 Å². The highest BCUT2D eigenvalue weighted by Crippen LogP contribution is 2.34. The third kappa shape index (κ3) is 2.13. The molecule has 4 nitrogen and oxygen atoms in total. The Hall–Kier alpha value is -1.25. The summed E-state index contributed by atoms with van der Waals surface area (Å²) in [6.45, 7) is -0.604. The van der Waals surface area contributed by atoms with Crippen LogP contribution in [0.4, 0.5) is 22.0 Å². The second-order valence-corrected chi connectivity index (χ2v) is 3.45. The van der Waals surface area contributed by atoms with Crippen LogP contribution < -0.4 is 5.32 Å². The predicted octanol–water partition coefficient (Wildman–Crippen LogP) is 1.76. The van der Waals surface area contributed by atoms with Crippen LogP contribution in [0.15, 0.2) is 4.52 Å². The number of halogens is 5. The van der Waals surface area contributed by atoms with Gasteiger partial charge in [-0.15, -0.1) is 0 Å². The number of rotatable bonds is 1. The zero-order chi connectivity index (χ0) is 12.0. The first-order valence-corrected chi connectivity index (χ1v) is 4.30. The molecule has 1 aromatic rings. The number of alkyl halides is 5. The Bertz CT molecular complexity index is 388. The smallest absolute Gasteiger partial charge is 0.329 e. The van der Waals surface area contributed by atoms with Gasteiger partial charge in [0.15, 0.2) is 5.82 Å². The molecule has 1 fully saturated rings. The summed E-state index contributed by atoms with van der Waals surface area (Å²) in [5.74, 6) is -4.88. The Morgan fingerprint density at radius 2 is 2.06 bits per heavy atom. The molecule has 2 rings (SSSR count). The van der Waals surface area contributed by atoms with Crippen molar-refractivity contribution < 1.29 is 26.5 Å². The van der Waals surface area contributed by atoms with Gasteiger partial charge in [0.2, 0.25) is 0 Å². The zero-order valence-electron chi connectivity index (χ0n) is 7.68. The van der Waals surface area contributed by atoms with Gasteiger partial charge in [0.05, 0.1) is 12.6 Å². The molecular weight excluding hydrogens is 237 g/mol. The summed E-state index contributed by atoms with van der Waals surface area (Å²) in [4.78, 5) is 3.03. The highest BCUT2D eigenvalue weighted by atomic mass is 19.4. The van der Waals surface area contributed by atoms with Crippen molar-refractivity contribution in [2.75, 3.05) is 6.54 Å². The summed E-state index contributed by atoms with van der Waals surface area (Å²) in [6.07, 6.45) is -5.39. The molecule has 1 aliphatic heterocycles. The maximum Gasteiger partial charge on any atom is 0.471 e. The lowest BCUT2D eigenvalue weighted by molar-refractivity contribution is -0.159. The number of nitrogens with zero attached hydrogens (tertiary/aromatic N) is 2. The standard InChI is InChI=1S/C7H6F5N3O/c8-6(9)1-3(13-2-6)4-14-5(16-15-4)7(10,11)12/h3,13H,1-2H2/t3-/m0/s1. The molecule has 1 N–H and O–H groups in total. The van der Waals surface area contributed by atoms with Crippen molar-refractivity contribution in [1.29, 1.82) is 0 Å². The van der Waals surface area contributed by atoms with Crippen LogP contribution in [0, 0.1) is 0 Å². The van der Waals surface area contributed by atoms with E-state index < -0.39 is 42.8 Å². The van der Waals surface area contributed by atoms with Crippen LogP contribution in [0.5, 0.6) is 0 Å². The molecule has 90 valence electrons. The molecule has 0 saturated carbocycles. The van der Waals surface area contributed by atoms with Crippen molar-refractivity contribution in [3.05, 3.63) is 11.7 Å². The van der Waals surface area contributed by atoms with Gasteiger partial charge in [-0.1, -0.05) is 5.16 Å². The van der Waals surface area contributed by atoms with E-state index in [1.807, 2.05) is 0 Å². The maximum absolute atomic E-state index is 12.8. The molecule has 16 heavy (non-hydrogen) atoms. The minimum Gasteiger partial charge on any atom is -0.329 e. The summed E-state index contributed by atoms with van der Waals surface area (Å²) in [6, 6.07) is -1.00. The van der Waals surface area contributed by atoms with Gasteiger partial charge in [-0.05, 0) is 0 Å². The second-order valence-electron chi connectivity index (χ2n) is 3.45. The zero-order valence-corrected chi connectivity index (χ0v) is 7.68. The molecule has 9 heteroatoms. The van der Waals surface area contributed by atoms with E-state index in [0.29, 0.717) is 0 Å². The first kappa shape index (κ1) is 11.2. The van der Waals surface area contributed by atoms with Crippen LogP contribution in [0.2, 0.25) is 0 Å². The van der Waals surface area contributed by atoms with Crippen molar-refractivity contribution in [2.24, 2.45) is 0 Å². The summed E-state index contributed by atoms with van der Waals surface area (Å²) in [5.41, 5.74) is 0. The number of aromatic nitrogens is 2. The van der Waals surface area contributed by atoms with Gasteiger partial charge in [0.25, 0.3) is 5.92 Å². The molecule has 0 spiro atoms. The Labute approximate surface area is 85.8 Å². The van der Waals surface area contributed by atoms with Crippen LogP contribution in [0.25, 0.3) is 0 Å². The highest BCUT2D eigenvalue weighted by Gasteiger charge is 2.44. The molecule has 0 aliphatic carbocycles. The average molecular weight is 243 g/mol. The fourth-order valence-electron chi connectivity index (χ4n) is 1.39. The lowest BCUT2D eigenvalue weighted by Crippen LogP contribution is -2.19. The average Bonchev–Trinajstić information content (AvgIpc) is 2.68. The Kier molecular flexibility index (Phi) is 2.37. The normalized spacial score (nSPS) is 24.9. The monoisotopic (exact) mass is 243 g/mol. The number of hydrogen-bond donors (Lipinski definition) is 1. The highest BCUT2D eigenvalue weighted by molar-refractivity contribution is 5.02. The van der Waals surface area contributed by atoms with E-state index in [1.165, 1.54) is 0 Å². The first-order valence-electron chi connectivity index (χ1n) is 4.30. The molecule has 0 radical (unpaired) electrons. The van der Waals surface area contributed by atoms with Gasteiger partial charge in [0, 0.05) is 6.42 Å². The fraction of sp³-hybridized carbons (Fsp3) is 0.714. The lowest BCUT2D eigenvalue weighted by atomic mass is 10.2. The molecule has 0 unspecified atom stereocenters. The molecule has 0 aromatic carbocycles. The third-order valence-corrected chi connectivity index (χ3v) is 2.11. The molecule has 0 amide bonds. The number of nitrogens with one attached hydrogen (secondary N) is 1. The predicted molar refractivity (Wildman–Crippen MR) is 39.6 cm³/mol. The van der Waals surface area contributed by atoms with Gasteiger partial charge < -0.3 is 9.84 Å². The van der Waals surface area contributed by atoms with Crippen molar-refractivity contribution in [1.82, 2.24) is 15.5 Å². The van der Waals surface area contributed by atoms with Gasteiger partial charge in [-0.25, -0.2) is 8.78 Å². The topological polar surface area (TPSA) is 51.0 Å². The van der Waals surface area contributed by atoms with Gasteiger partial charge in [0.1, 0.15) is 0 Å². The van der Waals surface area contributed by atoms with E-state index >= 15 is 0 Å². The van der Waals surface area contributed by atoms with Crippen molar-refractivity contribution in [3.8, 4) is 0 Å². The minimum absolute atomic E-state index is 0.399. The van der Waals surface area contributed by atoms with E-state index in [0.717, 1.165) is 0 Å². The van der Waals surface area contributed by atoms with Crippen LogP contribution in [0.1, 0.15) is 24.2 Å². The van der Waals surface area contributed by atoms with Gasteiger partial charge >= 0.3 is 12.1 Å². The molecule has 0 bridgehead atoms. The van der Waals surface area contributed by atoms with E-state index in [4.69, 9.17) is 0 Å². The van der Waals surface area contributed by atoms with Crippen LogP contribution >= 0.6 is 0 Å². The van der Waals surface area contributed by atoms with Crippen LogP contribution in [0.3, 0.4) is 0 Å². The Balaban J connectivity index is 2.15. The molecule has 1 saturated heterocycles. The first-order chi connectivity index (χ1) is 7.28. The van der Waals surface area contributed by atoms with Gasteiger partial charge in [-0.2, -0.15) is 18.2 Å². The maximum atomic E-state index is 12.8.